The van der Waals surface area contributed by atoms with Crippen molar-refractivity contribution in [1.82, 2.24) is 40.4 Å². The number of ether oxygens (including phenoxy) is 1. The molecule has 2 atom stereocenters. The van der Waals surface area contributed by atoms with Gasteiger partial charge < -0.3 is 20.3 Å². The summed E-state index contributed by atoms with van der Waals surface area (Å²) in [6.45, 7) is -6.39. The monoisotopic (exact) mass is 628 g/mol. The van der Waals surface area contributed by atoms with Gasteiger partial charge in [0.25, 0.3) is 18.3 Å². The van der Waals surface area contributed by atoms with E-state index in [0.29, 0.717) is 0 Å². The van der Waals surface area contributed by atoms with E-state index in [2.05, 4.69) is 30.3 Å². The molecule has 0 radical (unpaired) electrons. The SMILES string of the molecule is [2H]C1([2H])NC(=O)N(C(COC)c2cnn3cc(C(CCC(C)(C)C(F)(F)F)NC(=O)c4nonc4C(F)F)nc3c2)C([2H])([2H])C1(F)F. The lowest BCUT2D eigenvalue weighted by atomic mass is 9.85. The number of hydrogen-bond donors (Lipinski definition) is 2. The summed E-state index contributed by atoms with van der Waals surface area (Å²) >= 11 is 0. The number of nitrogens with one attached hydrogen (secondary N) is 2. The third-order valence-electron chi connectivity index (χ3n) is 6.61. The van der Waals surface area contributed by atoms with E-state index in [-0.39, 0.29) is 21.8 Å². The summed E-state index contributed by atoms with van der Waals surface area (Å²) in [7, 11) is 1.13. The van der Waals surface area contributed by atoms with E-state index in [9.17, 15) is 40.3 Å². The van der Waals surface area contributed by atoms with Gasteiger partial charge in [-0.1, -0.05) is 13.8 Å². The number of aromatic nitrogens is 5. The van der Waals surface area contributed by atoms with Crippen LogP contribution in [0.3, 0.4) is 0 Å². The Morgan fingerprint density at radius 3 is 2.67 bits per heavy atom. The Bertz CT molecular complexity index is 1640. The summed E-state index contributed by atoms with van der Waals surface area (Å²) in [5, 5.41) is 13.9. The molecule has 2 N–H and O–H groups in total. The average Bonchev–Trinajstić information content (AvgIpc) is 3.60. The first-order valence-electron chi connectivity index (χ1n) is 14.4. The van der Waals surface area contributed by atoms with Crippen LogP contribution in [0.4, 0.5) is 35.5 Å². The van der Waals surface area contributed by atoms with E-state index in [1.807, 2.05) is 0 Å². The molecule has 1 aliphatic heterocycles. The van der Waals surface area contributed by atoms with E-state index in [1.54, 1.807) is 0 Å². The molecule has 1 saturated heterocycles. The average molecular weight is 629 g/mol. The van der Waals surface area contributed by atoms with Gasteiger partial charge >= 0.3 is 12.2 Å². The number of urea groups is 1. The number of alkyl halides is 7. The summed E-state index contributed by atoms with van der Waals surface area (Å²) in [5.41, 5.74) is -4.65. The fourth-order valence-electron chi connectivity index (χ4n) is 4.04. The van der Waals surface area contributed by atoms with Crippen molar-refractivity contribution >= 4 is 17.6 Å². The maximum absolute atomic E-state index is 14.9. The fourth-order valence-corrected chi connectivity index (χ4v) is 4.04. The van der Waals surface area contributed by atoms with E-state index >= 15 is 0 Å². The molecule has 0 spiro atoms. The molecule has 0 saturated carbocycles. The minimum Gasteiger partial charge on any atom is -0.382 e. The number of imidazole rings is 1. The van der Waals surface area contributed by atoms with Crippen molar-refractivity contribution in [1.29, 1.82) is 0 Å². The lowest BCUT2D eigenvalue weighted by Gasteiger charge is -2.38. The smallest absolute Gasteiger partial charge is 0.382 e. The lowest BCUT2D eigenvalue weighted by Crippen LogP contribution is -2.58. The molecule has 0 aromatic carbocycles. The molecule has 1 aliphatic rings. The highest BCUT2D eigenvalue weighted by Crippen LogP contribution is 2.42. The van der Waals surface area contributed by atoms with Gasteiger partial charge in [0.05, 0.1) is 60.7 Å². The van der Waals surface area contributed by atoms with E-state index in [0.717, 1.165) is 31.7 Å². The summed E-state index contributed by atoms with van der Waals surface area (Å²) < 4.78 is 139. The van der Waals surface area contributed by atoms with Crippen LogP contribution in [0.1, 0.15) is 78.1 Å². The second-order valence-corrected chi connectivity index (χ2v) is 10.1. The topological polar surface area (TPSA) is 140 Å². The van der Waals surface area contributed by atoms with Crippen molar-refractivity contribution in [2.75, 3.05) is 26.7 Å². The predicted octanol–water partition coefficient (Wildman–Crippen LogP) is 4.24. The van der Waals surface area contributed by atoms with Gasteiger partial charge in [0, 0.05) is 12.7 Å². The van der Waals surface area contributed by atoms with Gasteiger partial charge in [-0.05, 0) is 29.2 Å². The molecule has 12 nitrogen and oxygen atoms in total. The number of methoxy groups -OCH3 is 1. The second kappa shape index (κ2) is 11.9. The zero-order chi connectivity index (χ0) is 35.3. The maximum atomic E-state index is 14.9. The highest BCUT2D eigenvalue weighted by molar-refractivity contribution is 5.93. The van der Waals surface area contributed by atoms with Crippen molar-refractivity contribution in [3.05, 3.63) is 41.1 Å². The number of carbonyl (C=O) groups is 2. The number of halogens is 7. The lowest BCUT2D eigenvalue weighted by molar-refractivity contribution is -0.214. The Morgan fingerprint density at radius 2 is 2.02 bits per heavy atom. The largest absolute Gasteiger partial charge is 0.393 e. The number of hydrogen-bond acceptors (Lipinski definition) is 8. The van der Waals surface area contributed by atoms with E-state index in [4.69, 9.17) is 10.2 Å². The molecule has 3 amide bonds. The first-order valence-corrected chi connectivity index (χ1v) is 12.4. The first kappa shape index (κ1) is 26.6. The minimum atomic E-state index is -4.75. The molecule has 3 aromatic rings. The van der Waals surface area contributed by atoms with Crippen LogP contribution < -0.4 is 10.6 Å². The zero-order valence-corrected chi connectivity index (χ0v) is 22.5. The minimum absolute atomic E-state index is 0.0595. The van der Waals surface area contributed by atoms with Gasteiger partial charge in [0.1, 0.15) is 0 Å². The van der Waals surface area contributed by atoms with Crippen LogP contribution in [-0.4, -0.2) is 80.6 Å². The molecule has 4 rings (SSSR count). The predicted molar refractivity (Wildman–Crippen MR) is 131 cm³/mol. The van der Waals surface area contributed by atoms with Crippen LogP contribution in [0.2, 0.25) is 0 Å². The molecular formula is C24H27F7N8O4. The molecule has 3 aromatic heterocycles. The summed E-state index contributed by atoms with van der Waals surface area (Å²) in [5.74, 6) is -6.02. The maximum Gasteiger partial charge on any atom is 0.393 e. The molecule has 43 heavy (non-hydrogen) atoms. The Labute approximate surface area is 244 Å². The first-order chi connectivity index (χ1) is 21.6. The third kappa shape index (κ3) is 6.97. The highest BCUT2D eigenvalue weighted by atomic mass is 19.4. The summed E-state index contributed by atoms with van der Waals surface area (Å²) in [4.78, 5) is 30.0. The normalized spacial score (nSPS) is 21.0. The van der Waals surface area contributed by atoms with Gasteiger partial charge in [-0.3, -0.25) is 4.79 Å². The number of nitrogens with zero attached hydrogens (tertiary/aromatic N) is 6. The molecular weight excluding hydrogens is 597 g/mol. The van der Waals surface area contributed by atoms with Crippen LogP contribution in [-0.2, 0) is 4.74 Å². The molecule has 19 heteroatoms. The van der Waals surface area contributed by atoms with Gasteiger partial charge in [-0.25, -0.2) is 36.5 Å². The van der Waals surface area contributed by atoms with Crippen molar-refractivity contribution < 1.29 is 55.2 Å². The van der Waals surface area contributed by atoms with Crippen LogP contribution in [0.15, 0.2) is 23.1 Å². The zero-order valence-electron chi connectivity index (χ0n) is 26.5. The molecule has 0 bridgehead atoms. The summed E-state index contributed by atoms with van der Waals surface area (Å²) in [6, 6.07) is -3.36. The number of fused-ring (bicyclic) bond motifs is 1. The van der Waals surface area contributed by atoms with Crippen molar-refractivity contribution in [2.45, 2.75) is 57.3 Å². The molecule has 4 heterocycles. The molecule has 1 fully saturated rings. The van der Waals surface area contributed by atoms with Gasteiger partial charge in [0.15, 0.2) is 11.3 Å². The van der Waals surface area contributed by atoms with Crippen molar-refractivity contribution in [3.8, 4) is 0 Å². The van der Waals surface area contributed by atoms with Crippen LogP contribution >= 0.6 is 0 Å². The van der Waals surface area contributed by atoms with Gasteiger partial charge in [0.2, 0.25) is 5.69 Å². The Morgan fingerprint density at radius 1 is 1.30 bits per heavy atom. The standard InChI is InChI=1S/C24H27F7N8O4/c1-22(2,24(29,30)31)5-4-13(35-20(40)18-17(19(25)26)36-43-37-18)14-8-39-16(34-14)6-12(7-33-39)15(9-42-3)38-11-23(27,28)10-32-21(38)41/h6-8,13,15,19H,4-5,9-11H2,1-3H3,(H,32,41)(H,35,40)/i10D2,11D2. The number of carbonyl (C=O) groups excluding carboxylic acids is 2. The van der Waals surface area contributed by atoms with Crippen molar-refractivity contribution in [3.63, 3.8) is 0 Å². The Hall–Kier alpha value is -4.03. The Kier molecular flexibility index (Phi) is 7.37. The molecule has 236 valence electrons. The molecule has 2 unspecified atom stereocenters. The third-order valence-corrected chi connectivity index (χ3v) is 6.61. The van der Waals surface area contributed by atoms with Gasteiger partial charge in [-0.15, -0.1) is 0 Å². The van der Waals surface area contributed by atoms with E-state index in [1.165, 1.54) is 17.6 Å². The second-order valence-electron chi connectivity index (χ2n) is 10.1. The van der Waals surface area contributed by atoms with Crippen LogP contribution in [0.25, 0.3) is 5.65 Å². The fraction of sp³-hybridized carbons (Fsp3) is 0.583. The number of rotatable bonds is 11. The van der Waals surface area contributed by atoms with Crippen LogP contribution in [0.5, 0.6) is 0 Å². The van der Waals surface area contributed by atoms with Crippen molar-refractivity contribution in [2.24, 2.45) is 5.41 Å². The molecule has 0 aliphatic carbocycles. The Balaban J connectivity index is 1.73. The van der Waals surface area contributed by atoms with Gasteiger partial charge in [-0.2, -0.15) is 18.3 Å². The summed E-state index contributed by atoms with van der Waals surface area (Å²) in [6.07, 6.45) is -6.72. The highest BCUT2D eigenvalue weighted by Gasteiger charge is 2.47. The number of amides is 3. The van der Waals surface area contributed by atoms with E-state index < -0.39 is 91.8 Å². The quantitative estimate of drug-likeness (QED) is 0.301. The van der Waals surface area contributed by atoms with Crippen LogP contribution in [0, 0.1) is 5.41 Å².